The highest BCUT2D eigenvalue weighted by Gasteiger charge is 2.35. The smallest absolute Gasteiger partial charge is 0.339 e. The number of nitrogens with zero attached hydrogens (tertiary/aromatic N) is 3. The van der Waals surface area contributed by atoms with Crippen LogP contribution in [0, 0.1) is 13.8 Å². The van der Waals surface area contributed by atoms with Gasteiger partial charge in [0.15, 0.2) is 6.73 Å². The summed E-state index contributed by atoms with van der Waals surface area (Å²) in [6.07, 6.45) is 0. The van der Waals surface area contributed by atoms with Crippen molar-refractivity contribution in [1.29, 1.82) is 0 Å². The monoisotopic (exact) mass is 409 g/mol. The molecule has 0 bridgehead atoms. The van der Waals surface area contributed by atoms with Crippen LogP contribution in [0.5, 0.6) is 0 Å². The van der Waals surface area contributed by atoms with Gasteiger partial charge in [0.25, 0.3) is 11.8 Å². The Labute approximate surface area is 171 Å². The second-order valence-corrected chi connectivity index (χ2v) is 6.97. The maximum Gasteiger partial charge on any atom is 0.339 e. The zero-order chi connectivity index (χ0) is 20.7. The number of halogens is 1. The molecule has 0 aliphatic carbocycles. The Morgan fingerprint density at radius 3 is 2.10 bits per heavy atom. The SMILES string of the molecule is Cc1nn(-c2ccc(C(=O)OCN3C(=O)c4ccccc4C3=O)cc2)c(C)c1Cl. The first-order chi connectivity index (χ1) is 13.9. The largest absolute Gasteiger partial charge is 0.440 e. The van der Waals surface area contributed by atoms with E-state index in [1.54, 1.807) is 53.2 Å². The summed E-state index contributed by atoms with van der Waals surface area (Å²) < 4.78 is 6.86. The van der Waals surface area contributed by atoms with Gasteiger partial charge < -0.3 is 4.74 Å². The molecule has 0 unspecified atom stereocenters. The third kappa shape index (κ3) is 3.19. The molecule has 4 rings (SSSR count). The number of esters is 1. The minimum absolute atomic E-state index is 0.290. The van der Waals surface area contributed by atoms with Crippen molar-refractivity contribution < 1.29 is 19.1 Å². The Bertz CT molecular complexity index is 1120. The molecule has 7 nitrogen and oxygen atoms in total. The van der Waals surface area contributed by atoms with Crippen LogP contribution in [-0.4, -0.2) is 39.2 Å². The van der Waals surface area contributed by atoms with Crippen molar-refractivity contribution in [2.75, 3.05) is 6.73 Å². The van der Waals surface area contributed by atoms with Crippen molar-refractivity contribution in [3.63, 3.8) is 0 Å². The van der Waals surface area contributed by atoms with Crippen molar-refractivity contribution >= 4 is 29.4 Å². The Kier molecular flexibility index (Phi) is 4.68. The van der Waals surface area contributed by atoms with Gasteiger partial charge in [0, 0.05) is 0 Å². The first-order valence-electron chi connectivity index (χ1n) is 8.83. The number of imide groups is 1. The first kappa shape index (κ1) is 18.9. The molecule has 8 heteroatoms. The fourth-order valence-corrected chi connectivity index (χ4v) is 3.29. The lowest BCUT2D eigenvalue weighted by molar-refractivity contribution is 0.0228. The Hall–Kier alpha value is -3.45. The Balaban J connectivity index is 1.45. The number of hydrogen-bond donors (Lipinski definition) is 0. The van der Waals surface area contributed by atoms with Crippen molar-refractivity contribution in [3.8, 4) is 5.69 Å². The van der Waals surface area contributed by atoms with Gasteiger partial charge in [-0.2, -0.15) is 5.10 Å². The second-order valence-electron chi connectivity index (χ2n) is 6.59. The molecule has 29 heavy (non-hydrogen) atoms. The normalized spacial score (nSPS) is 13.0. The predicted molar refractivity (Wildman–Crippen MR) is 105 cm³/mol. The van der Waals surface area contributed by atoms with Gasteiger partial charge in [0.05, 0.1) is 38.8 Å². The molecule has 146 valence electrons. The summed E-state index contributed by atoms with van der Waals surface area (Å²) in [5, 5.41) is 4.96. The lowest BCUT2D eigenvalue weighted by atomic mass is 10.1. The van der Waals surface area contributed by atoms with E-state index in [1.165, 1.54) is 0 Å². The van der Waals surface area contributed by atoms with Gasteiger partial charge in [0.2, 0.25) is 0 Å². The molecule has 3 aromatic rings. The molecule has 1 aliphatic heterocycles. The van der Waals surface area contributed by atoms with Gasteiger partial charge in [-0.25, -0.2) is 14.4 Å². The number of carbonyl (C=O) groups excluding carboxylic acids is 3. The molecule has 0 atom stereocenters. The van der Waals surface area contributed by atoms with E-state index >= 15 is 0 Å². The first-order valence-corrected chi connectivity index (χ1v) is 9.21. The Morgan fingerprint density at radius 2 is 1.59 bits per heavy atom. The van der Waals surface area contributed by atoms with Gasteiger partial charge in [-0.15, -0.1) is 0 Å². The van der Waals surface area contributed by atoms with Crippen LogP contribution in [0.25, 0.3) is 5.69 Å². The average Bonchev–Trinajstić information content (AvgIpc) is 3.14. The maximum atomic E-state index is 12.3. The van der Waals surface area contributed by atoms with E-state index < -0.39 is 24.5 Å². The minimum atomic E-state index is -0.639. The van der Waals surface area contributed by atoms with Crippen molar-refractivity contribution in [1.82, 2.24) is 14.7 Å². The summed E-state index contributed by atoms with van der Waals surface area (Å²) in [4.78, 5) is 37.9. The molecule has 0 fully saturated rings. The van der Waals surface area contributed by atoms with E-state index in [0.717, 1.165) is 16.3 Å². The lowest BCUT2D eigenvalue weighted by Crippen LogP contribution is -2.33. The zero-order valence-electron chi connectivity index (χ0n) is 15.7. The van der Waals surface area contributed by atoms with E-state index in [4.69, 9.17) is 16.3 Å². The highest BCUT2D eigenvalue weighted by Crippen LogP contribution is 2.24. The fraction of sp³-hybridized carbons (Fsp3) is 0.143. The fourth-order valence-electron chi connectivity index (χ4n) is 3.18. The summed E-state index contributed by atoms with van der Waals surface area (Å²) in [6.45, 7) is 3.23. The molecule has 1 aromatic heterocycles. The molecule has 2 aromatic carbocycles. The van der Waals surface area contributed by atoms with Crippen LogP contribution in [0.2, 0.25) is 5.02 Å². The van der Waals surface area contributed by atoms with Gasteiger partial charge in [-0.1, -0.05) is 23.7 Å². The summed E-state index contributed by atoms with van der Waals surface area (Å²) in [5.41, 5.74) is 3.16. The molecule has 0 saturated carbocycles. The van der Waals surface area contributed by atoms with Crippen molar-refractivity contribution in [2.45, 2.75) is 13.8 Å². The second kappa shape index (κ2) is 7.18. The lowest BCUT2D eigenvalue weighted by Gasteiger charge is -2.14. The van der Waals surface area contributed by atoms with Crippen LogP contribution in [0.4, 0.5) is 0 Å². The minimum Gasteiger partial charge on any atom is -0.440 e. The van der Waals surface area contributed by atoms with Crippen LogP contribution in [0.3, 0.4) is 0 Å². The molecule has 0 saturated heterocycles. The molecule has 0 N–H and O–H groups in total. The third-order valence-electron chi connectivity index (χ3n) is 4.75. The van der Waals surface area contributed by atoms with Gasteiger partial charge in [-0.05, 0) is 50.2 Å². The highest BCUT2D eigenvalue weighted by atomic mass is 35.5. The molecule has 0 radical (unpaired) electrons. The number of carbonyl (C=O) groups is 3. The van der Waals surface area contributed by atoms with Crippen molar-refractivity contribution in [2.24, 2.45) is 0 Å². The van der Waals surface area contributed by atoms with Crippen LogP contribution < -0.4 is 0 Å². The number of fused-ring (bicyclic) bond motifs is 1. The molecule has 1 aliphatic rings. The highest BCUT2D eigenvalue weighted by molar-refractivity contribution is 6.31. The Morgan fingerprint density at radius 1 is 1.00 bits per heavy atom. The van der Waals surface area contributed by atoms with E-state index in [0.29, 0.717) is 21.8 Å². The summed E-state index contributed by atoms with van der Waals surface area (Å²) in [6, 6.07) is 13.1. The quantitative estimate of drug-likeness (QED) is 0.486. The average molecular weight is 410 g/mol. The molecular weight excluding hydrogens is 394 g/mol. The number of aromatic nitrogens is 2. The molecular formula is C21H16ClN3O4. The van der Waals surface area contributed by atoms with E-state index in [1.807, 2.05) is 13.8 Å². The van der Waals surface area contributed by atoms with E-state index in [9.17, 15) is 14.4 Å². The van der Waals surface area contributed by atoms with Gasteiger partial charge >= 0.3 is 5.97 Å². The summed E-state index contributed by atoms with van der Waals surface area (Å²) >= 11 is 6.17. The van der Waals surface area contributed by atoms with Crippen LogP contribution in [0.1, 0.15) is 42.5 Å². The van der Waals surface area contributed by atoms with Crippen LogP contribution >= 0.6 is 11.6 Å². The number of benzene rings is 2. The third-order valence-corrected chi connectivity index (χ3v) is 5.30. The van der Waals surface area contributed by atoms with Crippen LogP contribution in [0.15, 0.2) is 48.5 Å². The molecule has 2 amide bonds. The van der Waals surface area contributed by atoms with E-state index in [-0.39, 0.29) is 5.56 Å². The standard InChI is InChI=1S/C21H16ClN3O4/c1-12-18(22)13(2)25(23-12)15-9-7-14(8-10-15)21(28)29-11-24-19(26)16-5-3-4-6-17(16)20(24)27/h3-10H,11H2,1-2H3. The zero-order valence-corrected chi connectivity index (χ0v) is 16.4. The van der Waals surface area contributed by atoms with Gasteiger partial charge in [0.1, 0.15) is 0 Å². The van der Waals surface area contributed by atoms with E-state index in [2.05, 4.69) is 5.10 Å². The predicted octanol–water partition coefficient (Wildman–Crippen LogP) is 3.55. The van der Waals surface area contributed by atoms with Crippen LogP contribution in [-0.2, 0) is 4.74 Å². The van der Waals surface area contributed by atoms with Crippen molar-refractivity contribution in [3.05, 3.63) is 81.6 Å². The topological polar surface area (TPSA) is 81.5 Å². The number of hydrogen-bond acceptors (Lipinski definition) is 5. The number of amides is 2. The maximum absolute atomic E-state index is 12.3. The molecule has 2 heterocycles. The number of aryl methyl sites for hydroxylation is 1. The summed E-state index contributed by atoms with van der Waals surface area (Å²) in [7, 11) is 0. The number of ether oxygens (including phenoxy) is 1. The summed E-state index contributed by atoms with van der Waals surface area (Å²) in [5.74, 6) is -1.59. The number of rotatable bonds is 4. The molecule has 0 spiro atoms. The van der Waals surface area contributed by atoms with Gasteiger partial charge in [-0.3, -0.25) is 9.59 Å².